The first-order valence-electron chi connectivity index (χ1n) is 5.98. The number of hydrogen-bond donors (Lipinski definition) is 2. The van der Waals surface area contributed by atoms with Gasteiger partial charge in [-0.3, -0.25) is 10.1 Å². The van der Waals surface area contributed by atoms with E-state index in [2.05, 4.69) is 16.7 Å². The summed E-state index contributed by atoms with van der Waals surface area (Å²) in [4.78, 5) is 22.8. The first-order chi connectivity index (χ1) is 8.25. The van der Waals surface area contributed by atoms with E-state index < -0.39 is 12.1 Å². The minimum atomic E-state index is -0.504. The zero-order valence-corrected chi connectivity index (χ0v) is 9.45. The molecule has 0 saturated carbocycles. The molecule has 1 aromatic rings. The molecule has 1 saturated heterocycles. The number of urea groups is 1. The van der Waals surface area contributed by atoms with E-state index in [1.54, 1.807) is 0 Å². The molecule has 1 aromatic carbocycles. The van der Waals surface area contributed by atoms with Gasteiger partial charge in [0.1, 0.15) is 6.04 Å². The Balaban J connectivity index is 2.03. The van der Waals surface area contributed by atoms with E-state index in [9.17, 15) is 9.59 Å². The highest BCUT2D eigenvalue weighted by molar-refractivity contribution is 6.04. The Bertz CT molecular complexity index is 496. The summed E-state index contributed by atoms with van der Waals surface area (Å²) in [7, 11) is 0. The fraction of sp³-hybridized carbons (Fsp3) is 0.385. The SMILES string of the molecule is O=C1NC(=O)C(c2cccc3c2CCCC3)N1. The Morgan fingerprint density at radius 3 is 2.71 bits per heavy atom. The molecular formula is C13H14N2O2. The number of carbonyl (C=O) groups is 2. The largest absolute Gasteiger partial charge is 0.322 e. The molecule has 2 aliphatic rings. The number of nitrogens with one attached hydrogen (secondary N) is 2. The average Bonchev–Trinajstić information content (AvgIpc) is 2.68. The maximum atomic E-state index is 11.7. The Morgan fingerprint density at radius 2 is 1.94 bits per heavy atom. The molecule has 1 heterocycles. The monoisotopic (exact) mass is 230 g/mol. The van der Waals surface area contributed by atoms with Crippen molar-refractivity contribution in [3.63, 3.8) is 0 Å². The Kier molecular flexibility index (Phi) is 2.35. The van der Waals surface area contributed by atoms with Crippen LogP contribution < -0.4 is 10.6 Å². The summed E-state index contributed by atoms with van der Waals surface area (Å²) in [6, 6.07) is 5.13. The van der Waals surface area contributed by atoms with E-state index in [0.29, 0.717) is 0 Å². The minimum absolute atomic E-state index is 0.242. The van der Waals surface area contributed by atoms with Crippen molar-refractivity contribution in [1.82, 2.24) is 10.6 Å². The molecule has 1 fully saturated rings. The summed E-state index contributed by atoms with van der Waals surface area (Å²) >= 11 is 0. The second kappa shape index (κ2) is 3.87. The smallest absolute Gasteiger partial charge is 0.322 e. The molecule has 0 bridgehead atoms. The van der Waals surface area contributed by atoms with E-state index >= 15 is 0 Å². The van der Waals surface area contributed by atoms with Gasteiger partial charge in [0, 0.05) is 0 Å². The van der Waals surface area contributed by atoms with Crippen LogP contribution in [0.5, 0.6) is 0 Å². The highest BCUT2D eigenvalue weighted by Crippen LogP contribution is 2.29. The number of carbonyl (C=O) groups excluding carboxylic acids is 2. The lowest BCUT2D eigenvalue weighted by Gasteiger charge is -2.21. The molecule has 1 atom stereocenters. The van der Waals surface area contributed by atoms with E-state index in [4.69, 9.17) is 0 Å². The van der Waals surface area contributed by atoms with Gasteiger partial charge in [-0.2, -0.15) is 0 Å². The summed E-state index contributed by atoms with van der Waals surface area (Å²) < 4.78 is 0. The molecule has 1 aliphatic heterocycles. The van der Waals surface area contributed by atoms with Gasteiger partial charge in [0.05, 0.1) is 0 Å². The van der Waals surface area contributed by atoms with Gasteiger partial charge in [0.2, 0.25) is 0 Å². The highest BCUT2D eigenvalue weighted by atomic mass is 16.2. The normalized spacial score (nSPS) is 22.9. The molecule has 17 heavy (non-hydrogen) atoms. The maximum absolute atomic E-state index is 11.7. The van der Waals surface area contributed by atoms with Crippen LogP contribution in [0.15, 0.2) is 18.2 Å². The fourth-order valence-electron chi connectivity index (χ4n) is 2.72. The van der Waals surface area contributed by atoms with Gasteiger partial charge in [0.25, 0.3) is 5.91 Å². The van der Waals surface area contributed by atoms with Crippen LogP contribution in [0.2, 0.25) is 0 Å². The van der Waals surface area contributed by atoms with Gasteiger partial charge in [0.15, 0.2) is 0 Å². The van der Waals surface area contributed by atoms with Crippen LogP contribution in [0.1, 0.15) is 35.6 Å². The zero-order chi connectivity index (χ0) is 11.8. The molecule has 88 valence electrons. The minimum Gasteiger partial charge on any atom is -0.322 e. The number of amides is 3. The molecule has 4 heteroatoms. The van der Waals surface area contributed by atoms with Crippen molar-refractivity contribution in [2.45, 2.75) is 31.7 Å². The molecule has 3 rings (SSSR count). The Labute approximate surface area is 99.4 Å². The topological polar surface area (TPSA) is 58.2 Å². The molecule has 0 spiro atoms. The lowest BCUT2D eigenvalue weighted by atomic mass is 9.86. The summed E-state index contributed by atoms with van der Waals surface area (Å²) in [6.45, 7) is 0. The van der Waals surface area contributed by atoms with Crippen LogP contribution in [0, 0.1) is 0 Å². The standard InChI is InChI=1S/C13H14N2O2/c16-12-11(14-13(17)15-12)10-7-3-5-8-4-1-2-6-9(8)10/h3,5,7,11H,1-2,4,6H2,(H2,14,15,16,17). The third kappa shape index (κ3) is 1.69. The van der Waals surface area contributed by atoms with Gasteiger partial charge in [-0.15, -0.1) is 0 Å². The molecule has 2 N–H and O–H groups in total. The number of benzene rings is 1. The molecule has 3 amide bonds. The lowest BCUT2D eigenvalue weighted by Crippen LogP contribution is -2.22. The van der Waals surface area contributed by atoms with Crippen LogP contribution in [0.3, 0.4) is 0 Å². The molecule has 1 unspecified atom stereocenters. The first kappa shape index (κ1) is 10.3. The Morgan fingerprint density at radius 1 is 1.12 bits per heavy atom. The number of imide groups is 1. The quantitative estimate of drug-likeness (QED) is 0.717. The van der Waals surface area contributed by atoms with Crippen molar-refractivity contribution < 1.29 is 9.59 Å². The van der Waals surface area contributed by atoms with Crippen molar-refractivity contribution >= 4 is 11.9 Å². The van der Waals surface area contributed by atoms with Crippen LogP contribution >= 0.6 is 0 Å². The second-order valence-electron chi connectivity index (χ2n) is 4.59. The molecule has 0 radical (unpaired) electrons. The van der Waals surface area contributed by atoms with Crippen molar-refractivity contribution in [1.29, 1.82) is 0 Å². The summed E-state index contributed by atoms with van der Waals surface area (Å²) in [5.41, 5.74) is 3.54. The maximum Gasteiger partial charge on any atom is 0.322 e. The average molecular weight is 230 g/mol. The van der Waals surface area contributed by atoms with Crippen molar-refractivity contribution in [3.8, 4) is 0 Å². The van der Waals surface area contributed by atoms with Gasteiger partial charge in [-0.25, -0.2) is 4.79 Å². The van der Waals surface area contributed by atoms with E-state index in [0.717, 1.165) is 24.8 Å². The number of fused-ring (bicyclic) bond motifs is 1. The number of rotatable bonds is 1. The van der Waals surface area contributed by atoms with Crippen LogP contribution in [-0.2, 0) is 17.6 Å². The summed E-state index contributed by atoms with van der Waals surface area (Å²) in [5.74, 6) is -0.242. The van der Waals surface area contributed by atoms with Gasteiger partial charge < -0.3 is 5.32 Å². The summed E-state index contributed by atoms with van der Waals surface area (Å²) in [5, 5.41) is 4.95. The highest BCUT2D eigenvalue weighted by Gasteiger charge is 2.33. The van der Waals surface area contributed by atoms with Crippen molar-refractivity contribution in [3.05, 3.63) is 34.9 Å². The molecular weight excluding hydrogens is 216 g/mol. The van der Waals surface area contributed by atoms with E-state index in [1.807, 2.05) is 12.1 Å². The van der Waals surface area contributed by atoms with E-state index in [-0.39, 0.29) is 5.91 Å². The summed E-state index contributed by atoms with van der Waals surface area (Å²) in [6.07, 6.45) is 4.45. The molecule has 0 aromatic heterocycles. The van der Waals surface area contributed by atoms with E-state index in [1.165, 1.54) is 17.5 Å². The zero-order valence-electron chi connectivity index (χ0n) is 9.45. The van der Waals surface area contributed by atoms with Crippen LogP contribution in [0.25, 0.3) is 0 Å². The second-order valence-corrected chi connectivity index (χ2v) is 4.59. The van der Waals surface area contributed by atoms with Crippen LogP contribution in [-0.4, -0.2) is 11.9 Å². The third-order valence-corrected chi connectivity index (χ3v) is 3.52. The predicted octanol–water partition coefficient (Wildman–Crippen LogP) is 1.45. The Hall–Kier alpha value is -1.84. The van der Waals surface area contributed by atoms with Crippen molar-refractivity contribution in [2.24, 2.45) is 0 Å². The van der Waals surface area contributed by atoms with Crippen molar-refractivity contribution in [2.75, 3.05) is 0 Å². The molecule has 1 aliphatic carbocycles. The molecule has 4 nitrogen and oxygen atoms in total. The number of aryl methyl sites for hydroxylation is 1. The lowest BCUT2D eigenvalue weighted by molar-refractivity contribution is -0.120. The van der Waals surface area contributed by atoms with Gasteiger partial charge >= 0.3 is 6.03 Å². The first-order valence-corrected chi connectivity index (χ1v) is 5.98. The third-order valence-electron chi connectivity index (χ3n) is 3.52. The predicted molar refractivity (Wildman–Crippen MR) is 62.5 cm³/mol. The van der Waals surface area contributed by atoms with Crippen LogP contribution in [0.4, 0.5) is 4.79 Å². The van der Waals surface area contributed by atoms with Gasteiger partial charge in [-0.1, -0.05) is 18.2 Å². The fourth-order valence-corrected chi connectivity index (χ4v) is 2.72. The van der Waals surface area contributed by atoms with Gasteiger partial charge in [-0.05, 0) is 42.4 Å². The number of hydrogen-bond acceptors (Lipinski definition) is 2.